The third-order valence-electron chi connectivity index (χ3n) is 5.19. The Morgan fingerprint density at radius 1 is 1.16 bits per heavy atom. The molecule has 31 heavy (non-hydrogen) atoms. The first-order valence-corrected chi connectivity index (χ1v) is 11.5. The van der Waals surface area contributed by atoms with Gasteiger partial charge in [0.05, 0.1) is 41.1 Å². The fourth-order valence-electron chi connectivity index (χ4n) is 3.75. The van der Waals surface area contributed by atoms with E-state index in [-0.39, 0.29) is 11.2 Å². The first-order chi connectivity index (χ1) is 15.1. The van der Waals surface area contributed by atoms with E-state index in [9.17, 15) is 4.79 Å². The van der Waals surface area contributed by atoms with Crippen molar-refractivity contribution < 1.29 is 14.3 Å². The largest absolute Gasteiger partial charge is 0.497 e. The quantitative estimate of drug-likeness (QED) is 0.488. The van der Waals surface area contributed by atoms with Crippen LogP contribution in [0.25, 0.3) is 15.3 Å². The number of fused-ring (bicyclic) bond motifs is 2. The minimum absolute atomic E-state index is 0.0662. The van der Waals surface area contributed by atoms with Crippen LogP contribution in [0.4, 0.5) is 5.82 Å². The molecule has 1 unspecified atom stereocenters. The van der Waals surface area contributed by atoms with Crippen LogP contribution in [0.2, 0.25) is 0 Å². The van der Waals surface area contributed by atoms with Crippen molar-refractivity contribution in [3.8, 4) is 16.6 Å². The second-order valence-corrected chi connectivity index (χ2v) is 9.17. The fourth-order valence-corrected chi connectivity index (χ4v) is 5.89. The maximum absolute atomic E-state index is 12.6. The molecule has 0 spiro atoms. The number of para-hydroxylation sites is 1. The molecule has 0 bridgehead atoms. The first-order valence-electron chi connectivity index (χ1n) is 9.68. The molecule has 3 heterocycles. The van der Waals surface area contributed by atoms with Crippen LogP contribution in [0.15, 0.2) is 42.5 Å². The third kappa shape index (κ3) is 3.43. The molecule has 0 saturated heterocycles. The van der Waals surface area contributed by atoms with Crippen LogP contribution < -0.4 is 14.8 Å². The molecule has 1 atom stereocenters. The number of carbonyl (C=O) groups is 1. The summed E-state index contributed by atoms with van der Waals surface area (Å²) >= 11 is 3.10. The number of methoxy groups -OCH3 is 2. The van der Waals surface area contributed by atoms with Crippen molar-refractivity contribution in [1.82, 2.24) is 14.8 Å². The molecular formula is C22H20N4O3S2. The van der Waals surface area contributed by atoms with E-state index >= 15 is 0 Å². The summed E-state index contributed by atoms with van der Waals surface area (Å²) in [7, 11) is 3.27. The Balaban J connectivity index is 1.68. The number of hydrogen-bond acceptors (Lipinski definition) is 7. The highest BCUT2D eigenvalue weighted by molar-refractivity contribution is 8.00. The number of ether oxygens (including phenoxy) is 2. The molecular weight excluding hydrogens is 432 g/mol. The zero-order valence-electron chi connectivity index (χ0n) is 17.2. The van der Waals surface area contributed by atoms with Gasteiger partial charge in [-0.05, 0) is 25.1 Å². The number of anilines is 1. The first kappa shape index (κ1) is 19.9. The Bertz CT molecular complexity index is 1260. The summed E-state index contributed by atoms with van der Waals surface area (Å²) < 4.78 is 13.8. The molecule has 4 aromatic rings. The number of hydrogen-bond donors (Lipinski definition) is 1. The number of aryl methyl sites for hydroxylation is 1. The van der Waals surface area contributed by atoms with Gasteiger partial charge in [0.25, 0.3) is 0 Å². The van der Waals surface area contributed by atoms with Crippen molar-refractivity contribution in [3.63, 3.8) is 0 Å². The zero-order valence-corrected chi connectivity index (χ0v) is 18.8. The van der Waals surface area contributed by atoms with Gasteiger partial charge in [-0.25, -0.2) is 4.98 Å². The summed E-state index contributed by atoms with van der Waals surface area (Å²) in [6, 6.07) is 13.7. The van der Waals surface area contributed by atoms with Crippen LogP contribution in [0.3, 0.4) is 0 Å². The monoisotopic (exact) mass is 452 g/mol. The van der Waals surface area contributed by atoms with Gasteiger partial charge in [0.1, 0.15) is 17.3 Å². The summed E-state index contributed by atoms with van der Waals surface area (Å²) in [5.41, 5.74) is 3.68. The maximum atomic E-state index is 12.6. The van der Waals surface area contributed by atoms with Crippen LogP contribution in [-0.2, 0) is 4.79 Å². The molecule has 1 aliphatic rings. The van der Waals surface area contributed by atoms with E-state index in [4.69, 9.17) is 19.6 Å². The normalized spacial score (nSPS) is 16.0. The van der Waals surface area contributed by atoms with Gasteiger partial charge in [0.15, 0.2) is 0 Å². The fraction of sp³-hybridized carbons (Fsp3) is 0.227. The number of thioether (sulfide) groups is 1. The highest BCUT2D eigenvalue weighted by atomic mass is 32.2. The number of amides is 1. The van der Waals surface area contributed by atoms with Gasteiger partial charge in [0, 0.05) is 17.2 Å². The van der Waals surface area contributed by atoms with Crippen molar-refractivity contribution in [2.24, 2.45) is 0 Å². The van der Waals surface area contributed by atoms with Crippen molar-refractivity contribution in [2.45, 2.75) is 12.2 Å². The minimum Gasteiger partial charge on any atom is -0.497 e. The van der Waals surface area contributed by atoms with Crippen LogP contribution in [0, 0.1) is 6.92 Å². The molecule has 7 nitrogen and oxygen atoms in total. The Kier molecular flexibility index (Phi) is 5.07. The van der Waals surface area contributed by atoms with Gasteiger partial charge >= 0.3 is 0 Å². The summed E-state index contributed by atoms with van der Waals surface area (Å²) in [6.45, 7) is 1.96. The predicted molar refractivity (Wildman–Crippen MR) is 124 cm³/mol. The predicted octanol–water partition coefficient (Wildman–Crippen LogP) is 4.58. The topological polar surface area (TPSA) is 78.3 Å². The number of benzene rings is 2. The molecule has 158 valence electrons. The molecule has 5 rings (SSSR count). The molecule has 9 heteroatoms. The van der Waals surface area contributed by atoms with E-state index in [2.05, 4.69) is 5.32 Å². The molecule has 2 aromatic carbocycles. The van der Waals surface area contributed by atoms with Gasteiger partial charge in [-0.2, -0.15) is 9.78 Å². The van der Waals surface area contributed by atoms with Crippen molar-refractivity contribution >= 4 is 45.0 Å². The van der Waals surface area contributed by atoms with E-state index in [0.717, 1.165) is 37.9 Å². The number of nitrogens with zero attached hydrogens (tertiary/aromatic N) is 3. The summed E-state index contributed by atoms with van der Waals surface area (Å²) in [6.07, 6.45) is 0. The second kappa shape index (κ2) is 7.90. The van der Waals surface area contributed by atoms with Crippen molar-refractivity contribution in [1.29, 1.82) is 0 Å². The Hall–Kier alpha value is -3.04. The van der Waals surface area contributed by atoms with Gasteiger partial charge in [-0.3, -0.25) is 4.79 Å². The molecule has 0 aliphatic carbocycles. The molecule has 1 amide bonds. The van der Waals surface area contributed by atoms with E-state index in [0.29, 0.717) is 17.3 Å². The molecule has 1 aliphatic heterocycles. The third-order valence-corrected chi connectivity index (χ3v) is 7.46. The Morgan fingerprint density at radius 2 is 2.00 bits per heavy atom. The highest BCUT2D eigenvalue weighted by Crippen LogP contribution is 2.47. The SMILES string of the molecule is COc1ccc(C2SCC(=O)Nc3c2c(C)nn3-c2nc3ccccc3s2)c(OC)c1. The van der Waals surface area contributed by atoms with Gasteiger partial charge in [-0.15, -0.1) is 11.8 Å². The average molecular weight is 453 g/mol. The molecule has 0 fully saturated rings. The smallest absolute Gasteiger partial charge is 0.235 e. The van der Waals surface area contributed by atoms with Crippen LogP contribution in [-0.4, -0.2) is 40.6 Å². The number of aromatic nitrogens is 3. The zero-order chi connectivity index (χ0) is 21.5. The van der Waals surface area contributed by atoms with Crippen molar-refractivity contribution in [3.05, 3.63) is 59.3 Å². The lowest BCUT2D eigenvalue weighted by atomic mass is 10.0. The standard InChI is InChI=1S/C22H20N4O3S2/c1-12-19-20(14-9-8-13(28-2)10-16(14)29-3)30-11-18(27)24-21(19)26(25-12)22-23-15-6-4-5-7-17(15)31-22/h4-10,20H,11H2,1-3H3,(H,24,27). The lowest BCUT2D eigenvalue weighted by Gasteiger charge is -2.19. The van der Waals surface area contributed by atoms with E-state index in [1.807, 2.05) is 49.4 Å². The maximum Gasteiger partial charge on any atom is 0.235 e. The van der Waals surface area contributed by atoms with Crippen molar-refractivity contribution in [2.75, 3.05) is 25.3 Å². The summed E-state index contributed by atoms with van der Waals surface area (Å²) in [5.74, 6) is 2.35. The second-order valence-electron chi connectivity index (χ2n) is 7.07. The summed E-state index contributed by atoms with van der Waals surface area (Å²) in [4.78, 5) is 17.3. The lowest BCUT2D eigenvalue weighted by Crippen LogP contribution is -2.15. The molecule has 2 aromatic heterocycles. The molecule has 0 radical (unpaired) electrons. The van der Waals surface area contributed by atoms with Crippen LogP contribution in [0.1, 0.15) is 22.1 Å². The van der Waals surface area contributed by atoms with E-state index in [1.54, 1.807) is 42.0 Å². The van der Waals surface area contributed by atoms with Crippen LogP contribution >= 0.6 is 23.1 Å². The molecule has 1 N–H and O–H groups in total. The number of thiazole rings is 1. The number of nitrogens with one attached hydrogen (secondary N) is 1. The Labute approximate surface area is 187 Å². The molecule has 0 saturated carbocycles. The minimum atomic E-state index is -0.127. The van der Waals surface area contributed by atoms with Crippen LogP contribution in [0.5, 0.6) is 11.5 Å². The Morgan fingerprint density at radius 3 is 2.77 bits per heavy atom. The lowest BCUT2D eigenvalue weighted by molar-refractivity contribution is -0.113. The summed E-state index contributed by atoms with van der Waals surface area (Å²) in [5, 5.41) is 8.42. The van der Waals surface area contributed by atoms with Gasteiger partial charge in [0.2, 0.25) is 11.0 Å². The average Bonchev–Trinajstić information content (AvgIpc) is 3.30. The van der Waals surface area contributed by atoms with E-state index < -0.39 is 0 Å². The van der Waals surface area contributed by atoms with Gasteiger partial charge in [-0.1, -0.05) is 29.5 Å². The highest BCUT2D eigenvalue weighted by Gasteiger charge is 2.33. The van der Waals surface area contributed by atoms with Gasteiger partial charge < -0.3 is 14.8 Å². The number of carbonyl (C=O) groups excluding carboxylic acids is 1. The van der Waals surface area contributed by atoms with E-state index in [1.165, 1.54) is 0 Å². The number of rotatable bonds is 4.